The van der Waals surface area contributed by atoms with E-state index >= 15 is 0 Å². The molecule has 5 heteroatoms. The molecule has 122 valence electrons. The third-order valence-corrected chi connectivity index (χ3v) is 4.48. The van der Waals surface area contributed by atoms with Crippen molar-refractivity contribution in [2.45, 2.75) is 32.7 Å². The van der Waals surface area contributed by atoms with Gasteiger partial charge in [-0.25, -0.2) is 0 Å². The molecule has 2 aromatic rings. The molecule has 0 bridgehead atoms. The van der Waals surface area contributed by atoms with E-state index in [4.69, 9.17) is 4.52 Å². The van der Waals surface area contributed by atoms with Crippen molar-refractivity contribution in [2.24, 2.45) is 0 Å². The molecule has 0 aliphatic carbocycles. The van der Waals surface area contributed by atoms with Crippen LogP contribution in [0.5, 0.6) is 0 Å². The highest BCUT2D eigenvalue weighted by molar-refractivity contribution is 5.96. The number of hydrogen-bond acceptors (Lipinski definition) is 4. The maximum atomic E-state index is 12.5. The topological polar surface area (TPSA) is 58.4 Å². The number of carbonyl (C=O) groups is 1. The number of hydrogen-bond donors (Lipinski definition) is 1. The molecular formula is C18H23N3O2. The van der Waals surface area contributed by atoms with E-state index in [0.29, 0.717) is 23.6 Å². The van der Waals surface area contributed by atoms with Crippen LogP contribution >= 0.6 is 0 Å². The number of aryl methyl sites for hydroxylation is 2. The SMILES string of the molecule is Cc1noc(C)c1C(=O)NC[C@@H](c1ccccc1)N1CCCC1. The second-order valence-electron chi connectivity index (χ2n) is 6.08. The minimum Gasteiger partial charge on any atom is -0.361 e. The van der Waals surface area contributed by atoms with Crippen LogP contribution in [0.3, 0.4) is 0 Å². The summed E-state index contributed by atoms with van der Waals surface area (Å²) in [6, 6.07) is 10.6. The van der Waals surface area contributed by atoms with Gasteiger partial charge in [0.15, 0.2) is 0 Å². The van der Waals surface area contributed by atoms with Gasteiger partial charge in [0.1, 0.15) is 11.3 Å². The first-order chi connectivity index (χ1) is 11.2. The molecule has 0 saturated carbocycles. The zero-order valence-electron chi connectivity index (χ0n) is 13.7. The smallest absolute Gasteiger partial charge is 0.256 e. The first-order valence-electron chi connectivity index (χ1n) is 8.17. The largest absolute Gasteiger partial charge is 0.361 e. The molecule has 1 aliphatic rings. The summed E-state index contributed by atoms with van der Waals surface area (Å²) >= 11 is 0. The summed E-state index contributed by atoms with van der Waals surface area (Å²) < 4.78 is 5.09. The number of nitrogens with one attached hydrogen (secondary N) is 1. The number of carbonyl (C=O) groups excluding carboxylic acids is 1. The summed E-state index contributed by atoms with van der Waals surface area (Å²) in [5.74, 6) is 0.457. The van der Waals surface area contributed by atoms with Crippen LogP contribution in [0.4, 0.5) is 0 Å². The first kappa shape index (κ1) is 15.7. The molecule has 1 aromatic carbocycles. The lowest BCUT2D eigenvalue weighted by Crippen LogP contribution is -2.37. The van der Waals surface area contributed by atoms with Crippen molar-refractivity contribution in [3.63, 3.8) is 0 Å². The number of aromatic nitrogens is 1. The number of benzene rings is 1. The molecule has 1 N–H and O–H groups in total. The van der Waals surface area contributed by atoms with Crippen molar-refractivity contribution >= 4 is 5.91 Å². The second kappa shape index (κ2) is 6.96. The standard InChI is InChI=1S/C18H23N3O2/c1-13-17(14(2)23-20-13)18(22)19-12-16(21-10-6-7-11-21)15-8-4-3-5-9-15/h3-5,8-9,16H,6-7,10-12H2,1-2H3,(H,19,22)/t16-/m0/s1. The second-order valence-corrected chi connectivity index (χ2v) is 6.08. The average Bonchev–Trinajstić information content (AvgIpc) is 3.19. The predicted octanol–water partition coefficient (Wildman–Crippen LogP) is 2.86. The highest BCUT2D eigenvalue weighted by atomic mass is 16.5. The quantitative estimate of drug-likeness (QED) is 0.922. The van der Waals surface area contributed by atoms with Crippen molar-refractivity contribution in [3.8, 4) is 0 Å². The van der Waals surface area contributed by atoms with Crippen LogP contribution in [0.15, 0.2) is 34.9 Å². The van der Waals surface area contributed by atoms with Gasteiger partial charge in [-0.1, -0.05) is 35.5 Å². The molecular weight excluding hydrogens is 290 g/mol. The van der Waals surface area contributed by atoms with E-state index in [1.807, 2.05) is 6.07 Å². The van der Waals surface area contributed by atoms with Gasteiger partial charge in [-0.05, 0) is 45.3 Å². The van der Waals surface area contributed by atoms with E-state index < -0.39 is 0 Å². The predicted molar refractivity (Wildman–Crippen MR) is 88.3 cm³/mol. The fraction of sp³-hybridized carbons (Fsp3) is 0.444. The molecule has 1 amide bonds. The van der Waals surface area contributed by atoms with Crippen LogP contribution in [-0.2, 0) is 0 Å². The molecule has 2 heterocycles. The van der Waals surface area contributed by atoms with E-state index in [1.54, 1.807) is 13.8 Å². The normalized spacial score (nSPS) is 16.4. The minimum absolute atomic E-state index is 0.110. The highest BCUT2D eigenvalue weighted by Crippen LogP contribution is 2.24. The maximum absolute atomic E-state index is 12.5. The summed E-state index contributed by atoms with van der Waals surface area (Å²) in [7, 11) is 0. The van der Waals surface area contributed by atoms with Crippen LogP contribution in [0, 0.1) is 13.8 Å². The molecule has 0 unspecified atom stereocenters. The summed E-state index contributed by atoms with van der Waals surface area (Å²) in [5.41, 5.74) is 2.43. The molecule has 1 atom stereocenters. The molecule has 3 rings (SSSR count). The van der Waals surface area contributed by atoms with Crippen molar-refractivity contribution in [3.05, 3.63) is 52.9 Å². The molecule has 23 heavy (non-hydrogen) atoms. The van der Waals surface area contributed by atoms with Gasteiger partial charge in [0, 0.05) is 6.54 Å². The average molecular weight is 313 g/mol. The van der Waals surface area contributed by atoms with E-state index in [-0.39, 0.29) is 11.9 Å². The third kappa shape index (κ3) is 3.45. The summed E-state index contributed by atoms with van der Waals surface area (Å²) in [6.07, 6.45) is 2.45. The fourth-order valence-electron chi connectivity index (χ4n) is 3.27. The Hall–Kier alpha value is -2.14. The van der Waals surface area contributed by atoms with E-state index in [0.717, 1.165) is 13.1 Å². The van der Waals surface area contributed by atoms with Crippen molar-refractivity contribution in [2.75, 3.05) is 19.6 Å². The first-order valence-corrected chi connectivity index (χ1v) is 8.17. The van der Waals surface area contributed by atoms with Crippen LogP contribution in [0.1, 0.15) is 46.3 Å². The number of rotatable bonds is 5. The van der Waals surface area contributed by atoms with Crippen molar-refractivity contribution < 1.29 is 9.32 Å². The minimum atomic E-state index is -0.110. The van der Waals surface area contributed by atoms with Crippen LogP contribution < -0.4 is 5.32 Å². The van der Waals surface area contributed by atoms with E-state index in [1.165, 1.54) is 18.4 Å². The Balaban J connectivity index is 1.73. The van der Waals surface area contributed by atoms with E-state index in [2.05, 4.69) is 39.6 Å². The molecule has 0 spiro atoms. The fourth-order valence-corrected chi connectivity index (χ4v) is 3.27. The number of amides is 1. The molecule has 1 aromatic heterocycles. The van der Waals surface area contributed by atoms with Gasteiger partial charge in [0.2, 0.25) is 0 Å². The molecule has 1 saturated heterocycles. The number of nitrogens with zero attached hydrogens (tertiary/aromatic N) is 2. The lowest BCUT2D eigenvalue weighted by molar-refractivity contribution is 0.0936. The lowest BCUT2D eigenvalue weighted by atomic mass is 10.1. The Kier molecular flexibility index (Phi) is 4.76. The van der Waals surface area contributed by atoms with Crippen molar-refractivity contribution in [1.29, 1.82) is 0 Å². The molecule has 1 fully saturated rings. The van der Waals surface area contributed by atoms with Crippen molar-refractivity contribution in [1.82, 2.24) is 15.4 Å². The Morgan fingerprint density at radius 2 is 1.96 bits per heavy atom. The third-order valence-electron chi connectivity index (χ3n) is 4.48. The molecule has 1 aliphatic heterocycles. The Morgan fingerprint density at radius 1 is 1.26 bits per heavy atom. The summed E-state index contributed by atoms with van der Waals surface area (Å²) in [4.78, 5) is 14.9. The Labute approximate surface area is 136 Å². The van der Waals surface area contributed by atoms with Gasteiger partial charge < -0.3 is 9.84 Å². The molecule has 0 radical (unpaired) electrons. The van der Waals surface area contributed by atoms with Gasteiger partial charge >= 0.3 is 0 Å². The van der Waals surface area contributed by atoms with E-state index in [9.17, 15) is 4.79 Å². The lowest BCUT2D eigenvalue weighted by Gasteiger charge is -2.28. The van der Waals surface area contributed by atoms with Gasteiger partial charge in [-0.3, -0.25) is 9.69 Å². The van der Waals surface area contributed by atoms with Crippen LogP contribution in [-0.4, -0.2) is 35.6 Å². The van der Waals surface area contributed by atoms with Gasteiger partial charge in [0.05, 0.1) is 11.7 Å². The summed E-state index contributed by atoms with van der Waals surface area (Å²) in [6.45, 7) is 6.32. The number of likely N-dealkylation sites (tertiary alicyclic amines) is 1. The Morgan fingerprint density at radius 3 is 2.57 bits per heavy atom. The van der Waals surface area contributed by atoms with Gasteiger partial charge in [0.25, 0.3) is 5.91 Å². The maximum Gasteiger partial charge on any atom is 0.256 e. The molecule has 5 nitrogen and oxygen atoms in total. The van der Waals surface area contributed by atoms with Crippen LogP contribution in [0.2, 0.25) is 0 Å². The Bertz CT molecular complexity index is 641. The van der Waals surface area contributed by atoms with Crippen LogP contribution in [0.25, 0.3) is 0 Å². The zero-order valence-corrected chi connectivity index (χ0v) is 13.7. The summed E-state index contributed by atoms with van der Waals surface area (Å²) in [5, 5.41) is 6.92. The zero-order chi connectivity index (χ0) is 16.2. The monoisotopic (exact) mass is 313 g/mol. The van der Waals surface area contributed by atoms with Gasteiger partial charge in [-0.2, -0.15) is 0 Å². The van der Waals surface area contributed by atoms with Gasteiger partial charge in [-0.15, -0.1) is 0 Å². The highest BCUT2D eigenvalue weighted by Gasteiger charge is 2.25.